The van der Waals surface area contributed by atoms with E-state index < -0.39 is 6.04 Å². The van der Waals surface area contributed by atoms with Crippen LogP contribution in [0.5, 0.6) is 0 Å². The van der Waals surface area contributed by atoms with Crippen molar-refractivity contribution in [2.75, 3.05) is 6.54 Å². The second-order valence-electron chi connectivity index (χ2n) is 6.95. The van der Waals surface area contributed by atoms with E-state index in [-0.39, 0.29) is 17.7 Å². The van der Waals surface area contributed by atoms with Gasteiger partial charge in [0, 0.05) is 18.7 Å². The molecule has 1 unspecified atom stereocenters. The van der Waals surface area contributed by atoms with Crippen LogP contribution in [0, 0.1) is 5.92 Å². The molecule has 0 radical (unpaired) electrons. The van der Waals surface area contributed by atoms with Crippen molar-refractivity contribution in [3.8, 4) is 0 Å². The average molecular weight is 350 g/mol. The second-order valence-corrected chi connectivity index (χ2v) is 6.95. The summed E-state index contributed by atoms with van der Waals surface area (Å²) in [5.74, 6) is 0.00512. The SMILES string of the molecule is CCC(C)[C@@H](C(=O)NCCc1ccccc1)N1Cc2ccccc2C1=O. The van der Waals surface area contributed by atoms with Crippen LogP contribution in [0.3, 0.4) is 0 Å². The van der Waals surface area contributed by atoms with Crippen molar-refractivity contribution in [1.29, 1.82) is 0 Å². The lowest BCUT2D eigenvalue weighted by atomic mass is 9.96. The first-order valence-corrected chi connectivity index (χ1v) is 9.32. The fourth-order valence-electron chi connectivity index (χ4n) is 3.51. The number of hydrogen-bond donors (Lipinski definition) is 1. The van der Waals surface area contributed by atoms with Crippen LogP contribution in [0.2, 0.25) is 0 Å². The van der Waals surface area contributed by atoms with Crippen molar-refractivity contribution in [3.63, 3.8) is 0 Å². The Labute approximate surface area is 155 Å². The molecule has 1 N–H and O–H groups in total. The molecular formula is C22H26N2O2. The molecular weight excluding hydrogens is 324 g/mol. The number of hydrogen-bond acceptors (Lipinski definition) is 2. The molecule has 2 atom stereocenters. The van der Waals surface area contributed by atoms with Gasteiger partial charge in [0.2, 0.25) is 5.91 Å². The predicted octanol–water partition coefficient (Wildman–Crippen LogP) is 3.42. The summed E-state index contributed by atoms with van der Waals surface area (Å²) in [6.07, 6.45) is 1.63. The summed E-state index contributed by atoms with van der Waals surface area (Å²) in [5.41, 5.74) is 2.92. The zero-order valence-corrected chi connectivity index (χ0v) is 15.4. The van der Waals surface area contributed by atoms with Crippen LogP contribution in [-0.4, -0.2) is 29.3 Å². The quantitative estimate of drug-likeness (QED) is 0.832. The Morgan fingerprint density at radius 2 is 1.81 bits per heavy atom. The van der Waals surface area contributed by atoms with Crippen molar-refractivity contribution in [2.24, 2.45) is 5.92 Å². The number of fused-ring (bicyclic) bond motifs is 1. The second kappa shape index (κ2) is 8.17. The molecule has 0 saturated carbocycles. The van der Waals surface area contributed by atoms with E-state index in [1.165, 1.54) is 5.56 Å². The predicted molar refractivity (Wildman–Crippen MR) is 103 cm³/mol. The summed E-state index contributed by atoms with van der Waals surface area (Å²) in [7, 11) is 0. The van der Waals surface area contributed by atoms with Gasteiger partial charge in [-0.05, 0) is 29.5 Å². The highest BCUT2D eigenvalue weighted by Crippen LogP contribution is 2.28. The van der Waals surface area contributed by atoms with E-state index in [0.717, 1.165) is 24.0 Å². The number of rotatable bonds is 7. The van der Waals surface area contributed by atoms with Gasteiger partial charge in [0.15, 0.2) is 0 Å². The Balaban J connectivity index is 1.68. The van der Waals surface area contributed by atoms with E-state index in [2.05, 4.69) is 24.4 Å². The molecule has 0 fully saturated rings. The summed E-state index contributed by atoms with van der Waals surface area (Å²) in [5, 5.41) is 3.04. The smallest absolute Gasteiger partial charge is 0.255 e. The van der Waals surface area contributed by atoms with Gasteiger partial charge in [-0.15, -0.1) is 0 Å². The van der Waals surface area contributed by atoms with Crippen molar-refractivity contribution in [1.82, 2.24) is 10.2 Å². The van der Waals surface area contributed by atoms with E-state index in [4.69, 9.17) is 0 Å². The van der Waals surface area contributed by atoms with E-state index in [0.29, 0.717) is 13.1 Å². The van der Waals surface area contributed by atoms with Gasteiger partial charge < -0.3 is 10.2 Å². The number of nitrogens with zero attached hydrogens (tertiary/aromatic N) is 1. The largest absolute Gasteiger partial charge is 0.354 e. The van der Waals surface area contributed by atoms with Crippen molar-refractivity contribution in [3.05, 3.63) is 71.3 Å². The monoisotopic (exact) mass is 350 g/mol. The van der Waals surface area contributed by atoms with Crippen LogP contribution in [0.4, 0.5) is 0 Å². The minimum absolute atomic E-state index is 0.0379. The molecule has 2 aromatic carbocycles. The molecule has 26 heavy (non-hydrogen) atoms. The average Bonchev–Trinajstić information content (AvgIpc) is 2.99. The number of carbonyl (C=O) groups excluding carboxylic acids is 2. The van der Waals surface area contributed by atoms with Gasteiger partial charge in [-0.1, -0.05) is 68.8 Å². The van der Waals surface area contributed by atoms with Crippen LogP contribution in [0.15, 0.2) is 54.6 Å². The van der Waals surface area contributed by atoms with Crippen LogP contribution >= 0.6 is 0 Å². The maximum atomic E-state index is 12.9. The zero-order chi connectivity index (χ0) is 18.5. The third-order valence-corrected chi connectivity index (χ3v) is 5.19. The molecule has 0 aromatic heterocycles. The first kappa shape index (κ1) is 18.2. The fourth-order valence-corrected chi connectivity index (χ4v) is 3.51. The summed E-state index contributed by atoms with van der Waals surface area (Å²) in [6.45, 7) is 5.18. The maximum Gasteiger partial charge on any atom is 0.255 e. The van der Waals surface area contributed by atoms with Gasteiger partial charge >= 0.3 is 0 Å². The Morgan fingerprint density at radius 3 is 2.50 bits per heavy atom. The minimum atomic E-state index is -0.435. The first-order valence-electron chi connectivity index (χ1n) is 9.32. The molecule has 2 amide bonds. The van der Waals surface area contributed by atoms with Gasteiger partial charge in [-0.25, -0.2) is 0 Å². The minimum Gasteiger partial charge on any atom is -0.354 e. The molecule has 3 rings (SSSR count). The van der Waals surface area contributed by atoms with E-state index >= 15 is 0 Å². The molecule has 1 aliphatic heterocycles. The van der Waals surface area contributed by atoms with E-state index in [1.807, 2.05) is 49.4 Å². The standard InChI is InChI=1S/C22H26N2O2/c1-3-16(2)20(21(25)23-14-13-17-9-5-4-6-10-17)24-15-18-11-7-8-12-19(18)22(24)26/h4-12,16,20H,3,13-15H2,1-2H3,(H,23,25)/t16?,20-/m0/s1. The third kappa shape index (κ3) is 3.79. The van der Waals surface area contributed by atoms with Crippen molar-refractivity contribution in [2.45, 2.75) is 39.3 Å². The van der Waals surface area contributed by atoms with Gasteiger partial charge in [-0.3, -0.25) is 9.59 Å². The van der Waals surface area contributed by atoms with Crippen molar-refractivity contribution < 1.29 is 9.59 Å². The molecule has 4 nitrogen and oxygen atoms in total. The summed E-state index contributed by atoms with van der Waals surface area (Å²) < 4.78 is 0. The maximum absolute atomic E-state index is 12.9. The van der Waals surface area contributed by atoms with Crippen molar-refractivity contribution >= 4 is 11.8 Å². The molecule has 0 saturated heterocycles. The number of nitrogens with one attached hydrogen (secondary N) is 1. The highest BCUT2D eigenvalue weighted by Gasteiger charge is 2.38. The molecule has 0 aliphatic carbocycles. The van der Waals surface area contributed by atoms with Crippen LogP contribution in [-0.2, 0) is 17.8 Å². The lowest BCUT2D eigenvalue weighted by molar-refractivity contribution is -0.127. The zero-order valence-electron chi connectivity index (χ0n) is 15.4. The number of amides is 2. The molecule has 0 bridgehead atoms. The molecule has 0 spiro atoms. The van der Waals surface area contributed by atoms with Crippen LogP contribution < -0.4 is 5.32 Å². The third-order valence-electron chi connectivity index (χ3n) is 5.19. The summed E-state index contributed by atoms with van der Waals surface area (Å²) >= 11 is 0. The Hall–Kier alpha value is -2.62. The Bertz CT molecular complexity index is 773. The Morgan fingerprint density at radius 1 is 1.12 bits per heavy atom. The van der Waals surface area contributed by atoms with Gasteiger partial charge in [0.05, 0.1) is 0 Å². The van der Waals surface area contributed by atoms with E-state index in [9.17, 15) is 9.59 Å². The van der Waals surface area contributed by atoms with Crippen LogP contribution in [0.1, 0.15) is 41.8 Å². The summed E-state index contributed by atoms with van der Waals surface area (Å²) in [6, 6.07) is 17.3. The number of benzene rings is 2. The molecule has 1 aliphatic rings. The lowest BCUT2D eigenvalue weighted by Crippen LogP contribution is -2.50. The highest BCUT2D eigenvalue weighted by atomic mass is 16.2. The van der Waals surface area contributed by atoms with Gasteiger partial charge in [0.25, 0.3) is 5.91 Å². The van der Waals surface area contributed by atoms with Gasteiger partial charge in [0.1, 0.15) is 6.04 Å². The number of carbonyl (C=O) groups is 2. The fraction of sp³-hybridized carbons (Fsp3) is 0.364. The molecule has 136 valence electrons. The normalized spacial score (nSPS) is 15.5. The lowest BCUT2D eigenvalue weighted by Gasteiger charge is -2.31. The van der Waals surface area contributed by atoms with Crippen LogP contribution in [0.25, 0.3) is 0 Å². The highest BCUT2D eigenvalue weighted by molar-refractivity contribution is 6.01. The molecule has 1 heterocycles. The Kier molecular flexibility index (Phi) is 5.71. The topological polar surface area (TPSA) is 49.4 Å². The molecule has 2 aromatic rings. The van der Waals surface area contributed by atoms with Gasteiger partial charge in [-0.2, -0.15) is 0 Å². The summed E-state index contributed by atoms with van der Waals surface area (Å²) in [4.78, 5) is 27.4. The van der Waals surface area contributed by atoms with E-state index in [1.54, 1.807) is 4.90 Å². The first-order chi connectivity index (χ1) is 12.6. The molecule has 4 heteroatoms.